The van der Waals surface area contributed by atoms with E-state index >= 15 is 0 Å². The van der Waals surface area contributed by atoms with Crippen LogP contribution in [0.1, 0.15) is 25.1 Å². The Kier molecular flexibility index (Phi) is 6.06. The number of hydrogen-bond donors (Lipinski definition) is 1. The van der Waals surface area contributed by atoms with Crippen molar-refractivity contribution in [3.8, 4) is 0 Å². The molecule has 1 N–H and O–H groups in total. The number of aromatic nitrogens is 1. The first-order valence-electron chi connectivity index (χ1n) is 4.49. The fraction of sp³-hybridized carbons (Fsp3) is 0.500. The van der Waals surface area contributed by atoms with Gasteiger partial charge in [0.2, 0.25) is 0 Å². The molecular formula is C10H17FN2. The number of pyridine rings is 1. The number of nitrogens with zero attached hydrogens (tertiary/aromatic N) is 1. The van der Waals surface area contributed by atoms with E-state index in [1.165, 1.54) is 6.20 Å². The molecule has 0 saturated heterocycles. The summed E-state index contributed by atoms with van der Waals surface area (Å²) in [7, 11) is 1.83. The van der Waals surface area contributed by atoms with Crippen LogP contribution in [-0.2, 0) is 6.54 Å². The van der Waals surface area contributed by atoms with E-state index in [1.807, 2.05) is 20.9 Å². The van der Waals surface area contributed by atoms with Gasteiger partial charge in [-0.2, -0.15) is 0 Å². The van der Waals surface area contributed by atoms with E-state index in [2.05, 4.69) is 10.3 Å². The normalized spacial score (nSPS) is 9.00. The van der Waals surface area contributed by atoms with Gasteiger partial charge in [0.25, 0.3) is 0 Å². The van der Waals surface area contributed by atoms with Crippen molar-refractivity contribution < 1.29 is 4.39 Å². The fourth-order valence-electron chi connectivity index (χ4n) is 0.875. The van der Waals surface area contributed by atoms with Crippen LogP contribution in [0.15, 0.2) is 12.3 Å². The Morgan fingerprint density at radius 2 is 2.08 bits per heavy atom. The Morgan fingerprint density at radius 1 is 1.46 bits per heavy atom. The van der Waals surface area contributed by atoms with E-state index in [1.54, 1.807) is 13.0 Å². The number of rotatable bonds is 2. The zero-order valence-electron chi connectivity index (χ0n) is 8.69. The van der Waals surface area contributed by atoms with Gasteiger partial charge in [-0.1, -0.05) is 13.8 Å². The third-order valence-corrected chi connectivity index (χ3v) is 1.46. The second-order valence-corrected chi connectivity index (χ2v) is 2.46. The molecule has 0 unspecified atom stereocenters. The summed E-state index contributed by atoms with van der Waals surface area (Å²) in [6.45, 7) is 6.41. The highest BCUT2D eigenvalue weighted by molar-refractivity contribution is 5.16. The summed E-state index contributed by atoms with van der Waals surface area (Å²) < 4.78 is 12.7. The number of nitrogens with one attached hydrogen (secondary N) is 1. The first-order valence-corrected chi connectivity index (χ1v) is 4.49. The largest absolute Gasteiger partial charge is 0.314 e. The van der Waals surface area contributed by atoms with Crippen LogP contribution in [0.3, 0.4) is 0 Å². The monoisotopic (exact) mass is 184 g/mol. The smallest absolute Gasteiger partial charge is 0.144 e. The number of hydrogen-bond acceptors (Lipinski definition) is 2. The molecule has 1 aromatic heterocycles. The second kappa shape index (κ2) is 6.54. The summed E-state index contributed by atoms with van der Waals surface area (Å²) in [5.41, 5.74) is 1.51. The number of halogens is 1. The van der Waals surface area contributed by atoms with Crippen LogP contribution in [0.4, 0.5) is 4.39 Å². The minimum absolute atomic E-state index is 0.246. The maximum absolute atomic E-state index is 12.7. The van der Waals surface area contributed by atoms with Crippen LogP contribution in [0.2, 0.25) is 0 Å². The maximum Gasteiger partial charge on any atom is 0.144 e. The standard InChI is InChI=1S/C8H11FN2.C2H6/c1-6-3-7(4-10-2)11-5-8(6)9;1-2/h3,5,10H,4H2,1-2H3;1-2H3. The second-order valence-electron chi connectivity index (χ2n) is 2.46. The molecule has 2 nitrogen and oxygen atoms in total. The van der Waals surface area contributed by atoms with Crippen molar-refractivity contribution >= 4 is 0 Å². The molecule has 1 heterocycles. The van der Waals surface area contributed by atoms with Gasteiger partial charge in [-0.3, -0.25) is 4.98 Å². The van der Waals surface area contributed by atoms with Gasteiger partial charge in [0.05, 0.1) is 11.9 Å². The Hall–Kier alpha value is -0.960. The Balaban J connectivity index is 0.000000671. The third-order valence-electron chi connectivity index (χ3n) is 1.46. The Morgan fingerprint density at radius 3 is 2.54 bits per heavy atom. The van der Waals surface area contributed by atoms with Crippen molar-refractivity contribution in [1.82, 2.24) is 10.3 Å². The van der Waals surface area contributed by atoms with Gasteiger partial charge in [-0.15, -0.1) is 0 Å². The number of aryl methyl sites for hydroxylation is 1. The van der Waals surface area contributed by atoms with Crippen molar-refractivity contribution in [2.45, 2.75) is 27.3 Å². The van der Waals surface area contributed by atoms with Crippen LogP contribution < -0.4 is 5.32 Å². The molecule has 0 amide bonds. The molecule has 0 aliphatic heterocycles. The Bertz CT molecular complexity index is 249. The van der Waals surface area contributed by atoms with E-state index in [0.29, 0.717) is 12.1 Å². The van der Waals surface area contributed by atoms with Crippen LogP contribution in [0.5, 0.6) is 0 Å². The molecule has 0 radical (unpaired) electrons. The average Bonchev–Trinajstić information content (AvgIpc) is 2.15. The zero-order valence-corrected chi connectivity index (χ0v) is 8.69. The van der Waals surface area contributed by atoms with Crippen molar-refractivity contribution in [2.75, 3.05) is 7.05 Å². The molecule has 0 saturated carbocycles. The van der Waals surface area contributed by atoms with Gasteiger partial charge in [-0.25, -0.2) is 4.39 Å². The van der Waals surface area contributed by atoms with E-state index < -0.39 is 0 Å². The molecule has 0 fully saturated rings. The first kappa shape index (κ1) is 12.0. The molecule has 1 rings (SSSR count). The first-order chi connectivity index (χ1) is 6.24. The summed E-state index contributed by atoms with van der Waals surface area (Å²) >= 11 is 0. The predicted molar refractivity (Wildman–Crippen MR) is 53.0 cm³/mol. The Labute approximate surface area is 79.2 Å². The van der Waals surface area contributed by atoms with Gasteiger partial charge in [0.15, 0.2) is 0 Å². The third kappa shape index (κ3) is 3.99. The van der Waals surface area contributed by atoms with Crippen LogP contribution in [0, 0.1) is 12.7 Å². The molecule has 0 spiro atoms. The molecule has 1 aromatic rings. The van der Waals surface area contributed by atoms with Crippen molar-refractivity contribution in [3.05, 3.63) is 29.3 Å². The van der Waals surface area contributed by atoms with E-state index in [-0.39, 0.29) is 5.82 Å². The van der Waals surface area contributed by atoms with Gasteiger partial charge < -0.3 is 5.32 Å². The lowest BCUT2D eigenvalue weighted by atomic mass is 10.2. The summed E-state index contributed by atoms with van der Waals surface area (Å²) in [5, 5.41) is 2.95. The van der Waals surface area contributed by atoms with E-state index in [4.69, 9.17) is 0 Å². The highest BCUT2D eigenvalue weighted by atomic mass is 19.1. The van der Waals surface area contributed by atoms with Gasteiger partial charge in [0, 0.05) is 6.54 Å². The topological polar surface area (TPSA) is 24.9 Å². The SMILES string of the molecule is CC.CNCc1cc(C)c(F)cn1. The van der Waals surface area contributed by atoms with Crippen molar-refractivity contribution in [3.63, 3.8) is 0 Å². The molecular weight excluding hydrogens is 167 g/mol. The maximum atomic E-state index is 12.7. The molecule has 0 atom stereocenters. The lowest BCUT2D eigenvalue weighted by Crippen LogP contribution is -2.07. The van der Waals surface area contributed by atoms with Crippen LogP contribution in [0.25, 0.3) is 0 Å². The summed E-state index contributed by atoms with van der Waals surface area (Å²) in [6, 6.07) is 1.74. The quantitative estimate of drug-likeness (QED) is 0.762. The van der Waals surface area contributed by atoms with Gasteiger partial charge >= 0.3 is 0 Å². The summed E-state index contributed by atoms with van der Waals surface area (Å²) in [4.78, 5) is 3.89. The fourth-order valence-corrected chi connectivity index (χ4v) is 0.875. The minimum atomic E-state index is -0.246. The molecule has 0 bridgehead atoms. The molecule has 13 heavy (non-hydrogen) atoms. The van der Waals surface area contributed by atoms with Crippen molar-refractivity contribution in [2.24, 2.45) is 0 Å². The van der Waals surface area contributed by atoms with Gasteiger partial charge in [0.1, 0.15) is 5.82 Å². The van der Waals surface area contributed by atoms with E-state index in [0.717, 1.165) is 5.69 Å². The highest BCUT2D eigenvalue weighted by Gasteiger charge is 1.98. The molecule has 0 aliphatic rings. The van der Waals surface area contributed by atoms with E-state index in [9.17, 15) is 4.39 Å². The predicted octanol–water partition coefficient (Wildman–Crippen LogP) is 2.27. The van der Waals surface area contributed by atoms with Crippen molar-refractivity contribution in [1.29, 1.82) is 0 Å². The average molecular weight is 184 g/mol. The molecule has 0 aromatic carbocycles. The minimum Gasteiger partial charge on any atom is -0.314 e. The molecule has 3 heteroatoms. The van der Waals surface area contributed by atoms with Gasteiger partial charge in [-0.05, 0) is 25.6 Å². The lowest BCUT2D eigenvalue weighted by Gasteiger charge is -2.00. The highest BCUT2D eigenvalue weighted by Crippen LogP contribution is 2.05. The lowest BCUT2D eigenvalue weighted by molar-refractivity contribution is 0.608. The summed E-state index contributed by atoms with van der Waals surface area (Å²) in [5.74, 6) is -0.246. The molecule has 74 valence electrons. The summed E-state index contributed by atoms with van der Waals surface area (Å²) in [6.07, 6.45) is 1.25. The van der Waals surface area contributed by atoms with Crippen LogP contribution in [-0.4, -0.2) is 12.0 Å². The van der Waals surface area contributed by atoms with Crippen LogP contribution >= 0.6 is 0 Å². The molecule has 0 aliphatic carbocycles. The zero-order chi connectivity index (χ0) is 10.3.